The standard InChI is InChI=1S/C28H35N5O7S2/c1-28(2)23(33-24(36)19(29)12-17-8-10-18(34)11-9-17)26(38)30-14-22(35)31-20(13-16-6-4-3-5-7-16)25(37)32-21(27(39)40)15-41-42-28/h3-11,19-21,23,34H,12-15,29H2,1-2H3,(H,30,38)(H,31,35)(H,32,37)(H,33,36)(H,39,40)/t19-,20-,21-,23+/m0/s1. The molecule has 4 atom stereocenters. The number of carboxylic acids is 1. The third kappa shape index (κ3) is 9.67. The Labute approximate surface area is 251 Å². The van der Waals surface area contributed by atoms with Crippen molar-refractivity contribution in [2.75, 3.05) is 12.3 Å². The molecule has 0 unspecified atom stereocenters. The molecule has 8 N–H and O–H groups in total. The molecule has 0 aromatic heterocycles. The van der Waals surface area contributed by atoms with Crippen LogP contribution in [0, 0.1) is 0 Å². The van der Waals surface area contributed by atoms with E-state index in [1.807, 2.05) is 0 Å². The van der Waals surface area contributed by atoms with Gasteiger partial charge in [-0.1, -0.05) is 64.1 Å². The number of phenolic OH excluding ortho intramolecular Hbond substituents is 1. The van der Waals surface area contributed by atoms with Crippen molar-refractivity contribution in [2.45, 2.75) is 55.6 Å². The van der Waals surface area contributed by atoms with Crippen molar-refractivity contribution in [3.63, 3.8) is 0 Å². The number of benzene rings is 2. The van der Waals surface area contributed by atoms with Gasteiger partial charge in [-0.2, -0.15) is 0 Å². The molecule has 1 aliphatic heterocycles. The average Bonchev–Trinajstić information content (AvgIpc) is 2.94. The van der Waals surface area contributed by atoms with Crippen LogP contribution in [0.15, 0.2) is 54.6 Å². The van der Waals surface area contributed by atoms with Gasteiger partial charge in [-0.05, 0) is 43.5 Å². The van der Waals surface area contributed by atoms with Crippen molar-refractivity contribution in [3.05, 3.63) is 65.7 Å². The zero-order valence-electron chi connectivity index (χ0n) is 23.2. The predicted octanol–water partition coefficient (Wildman–Crippen LogP) is 0.334. The van der Waals surface area contributed by atoms with E-state index in [2.05, 4.69) is 21.3 Å². The SMILES string of the molecule is CC1(C)SSC[C@@H](C(=O)O)NC(=O)[C@H](Cc2ccccc2)NC(=O)CNC(=O)[C@H]1NC(=O)[C@@H](N)Cc1ccc(O)cc1. The molecule has 2 aromatic carbocycles. The first-order valence-corrected chi connectivity index (χ1v) is 15.5. The molecule has 4 amide bonds. The molecule has 1 fully saturated rings. The Morgan fingerprint density at radius 1 is 1.02 bits per heavy atom. The second-order valence-electron chi connectivity index (χ2n) is 10.3. The number of hydrogen-bond donors (Lipinski definition) is 7. The number of carbonyl (C=O) groups excluding carboxylic acids is 4. The van der Waals surface area contributed by atoms with E-state index in [0.29, 0.717) is 5.56 Å². The maximum atomic E-state index is 13.3. The van der Waals surface area contributed by atoms with Crippen molar-refractivity contribution in [1.82, 2.24) is 21.3 Å². The fourth-order valence-electron chi connectivity index (χ4n) is 4.11. The number of carboxylic acid groups (broad SMARTS) is 1. The highest BCUT2D eigenvalue weighted by atomic mass is 33.1. The summed E-state index contributed by atoms with van der Waals surface area (Å²) in [4.78, 5) is 64.3. The number of carbonyl (C=O) groups is 5. The number of nitrogens with two attached hydrogens (primary N) is 1. The highest BCUT2D eigenvalue weighted by Gasteiger charge is 2.39. The molecular weight excluding hydrogens is 582 g/mol. The van der Waals surface area contributed by atoms with Crippen LogP contribution in [0.2, 0.25) is 0 Å². The van der Waals surface area contributed by atoms with E-state index in [0.717, 1.165) is 27.2 Å². The quantitative estimate of drug-likeness (QED) is 0.213. The molecule has 226 valence electrons. The normalized spacial score (nSPS) is 22.5. The van der Waals surface area contributed by atoms with Crippen molar-refractivity contribution in [3.8, 4) is 5.75 Å². The van der Waals surface area contributed by atoms with E-state index >= 15 is 0 Å². The van der Waals surface area contributed by atoms with Gasteiger partial charge < -0.3 is 37.2 Å². The van der Waals surface area contributed by atoms with Crippen LogP contribution in [0.3, 0.4) is 0 Å². The van der Waals surface area contributed by atoms with E-state index in [1.165, 1.54) is 12.1 Å². The second-order valence-corrected chi connectivity index (χ2v) is 13.3. The first-order valence-electron chi connectivity index (χ1n) is 13.1. The van der Waals surface area contributed by atoms with Crippen molar-refractivity contribution in [2.24, 2.45) is 5.73 Å². The van der Waals surface area contributed by atoms with Crippen LogP contribution in [-0.2, 0) is 36.8 Å². The zero-order chi connectivity index (χ0) is 30.9. The molecule has 12 nitrogen and oxygen atoms in total. The molecule has 1 heterocycles. The fourth-order valence-corrected chi connectivity index (χ4v) is 6.91. The lowest BCUT2D eigenvalue weighted by molar-refractivity contribution is -0.141. The Morgan fingerprint density at radius 2 is 1.69 bits per heavy atom. The third-order valence-electron chi connectivity index (χ3n) is 6.45. The number of aliphatic carboxylic acids is 1. The molecule has 1 aliphatic rings. The van der Waals surface area contributed by atoms with Crippen LogP contribution < -0.4 is 27.0 Å². The largest absolute Gasteiger partial charge is 0.508 e. The minimum absolute atomic E-state index is 0.0518. The van der Waals surface area contributed by atoms with Gasteiger partial charge >= 0.3 is 5.97 Å². The van der Waals surface area contributed by atoms with Gasteiger partial charge in [0.25, 0.3) is 0 Å². The lowest BCUT2D eigenvalue weighted by Crippen LogP contribution is -2.60. The molecule has 14 heteroatoms. The minimum Gasteiger partial charge on any atom is -0.508 e. The van der Waals surface area contributed by atoms with Crippen molar-refractivity contribution in [1.29, 1.82) is 0 Å². The van der Waals surface area contributed by atoms with Crippen LogP contribution in [0.4, 0.5) is 0 Å². The number of hydrogen-bond acceptors (Lipinski definition) is 9. The molecule has 2 aromatic rings. The summed E-state index contributed by atoms with van der Waals surface area (Å²) in [6.07, 6.45) is 0.249. The van der Waals surface area contributed by atoms with E-state index < -0.39 is 65.1 Å². The van der Waals surface area contributed by atoms with Crippen LogP contribution in [0.5, 0.6) is 5.75 Å². The van der Waals surface area contributed by atoms with E-state index in [4.69, 9.17) is 5.73 Å². The Hall–Kier alpha value is -3.75. The van der Waals surface area contributed by atoms with Gasteiger partial charge in [0.05, 0.1) is 12.6 Å². The van der Waals surface area contributed by atoms with E-state index in [1.54, 1.807) is 56.3 Å². The molecule has 0 aliphatic carbocycles. The summed E-state index contributed by atoms with van der Waals surface area (Å²) in [5.74, 6) is -3.82. The second kappa shape index (κ2) is 14.9. The zero-order valence-corrected chi connectivity index (χ0v) is 24.8. The predicted molar refractivity (Wildman–Crippen MR) is 160 cm³/mol. The number of nitrogens with one attached hydrogen (secondary N) is 4. The molecule has 1 saturated heterocycles. The van der Waals surface area contributed by atoms with Crippen LogP contribution >= 0.6 is 21.6 Å². The van der Waals surface area contributed by atoms with Gasteiger partial charge in [-0.15, -0.1) is 0 Å². The summed E-state index contributed by atoms with van der Waals surface area (Å²) in [6, 6.07) is 10.6. The fraction of sp³-hybridized carbons (Fsp3) is 0.393. The number of aromatic hydroxyl groups is 1. The first-order chi connectivity index (χ1) is 19.9. The summed E-state index contributed by atoms with van der Waals surface area (Å²) in [6.45, 7) is 2.90. The third-order valence-corrected chi connectivity index (χ3v) is 9.76. The van der Waals surface area contributed by atoms with Crippen molar-refractivity contribution >= 4 is 51.2 Å². The highest BCUT2D eigenvalue weighted by Crippen LogP contribution is 2.38. The Bertz CT molecular complexity index is 1280. The van der Waals surface area contributed by atoms with E-state index in [-0.39, 0.29) is 24.3 Å². The molecular formula is C28H35N5O7S2. The van der Waals surface area contributed by atoms with Gasteiger partial charge in [0.15, 0.2) is 0 Å². The summed E-state index contributed by atoms with van der Waals surface area (Å²) >= 11 is 0. The Balaban J connectivity index is 1.79. The average molecular weight is 618 g/mol. The van der Waals surface area contributed by atoms with E-state index in [9.17, 15) is 34.2 Å². The van der Waals surface area contributed by atoms with Gasteiger partial charge in [-0.25, -0.2) is 4.79 Å². The maximum absolute atomic E-state index is 13.3. The molecule has 0 radical (unpaired) electrons. The van der Waals surface area contributed by atoms with Gasteiger partial charge in [0.2, 0.25) is 23.6 Å². The smallest absolute Gasteiger partial charge is 0.327 e. The molecule has 3 rings (SSSR count). The lowest BCUT2D eigenvalue weighted by atomic mass is 10.0. The minimum atomic E-state index is -1.27. The van der Waals surface area contributed by atoms with Crippen LogP contribution in [0.1, 0.15) is 25.0 Å². The van der Waals surface area contributed by atoms with Crippen LogP contribution in [-0.4, -0.2) is 81.0 Å². The summed E-state index contributed by atoms with van der Waals surface area (Å²) < 4.78 is -0.994. The lowest BCUT2D eigenvalue weighted by Gasteiger charge is -2.34. The van der Waals surface area contributed by atoms with Crippen molar-refractivity contribution < 1.29 is 34.2 Å². The monoisotopic (exact) mass is 617 g/mol. The van der Waals surface area contributed by atoms with Gasteiger partial charge in [-0.3, -0.25) is 19.2 Å². The van der Waals surface area contributed by atoms with Gasteiger partial charge in [0, 0.05) is 16.9 Å². The van der Waals surface area contributed by atoms with Gasteiger partial charge in [0.1, 0.15) is 23.9 Å². The summed E-state index contributed by atoms with van der Waals surface area (Å²) in [5, 5.41) is 29.6. The topological polar surface area (TPSA) is 200 Å². The number of amides is 4. The molecule has 0 bridgehead atoms. The molecule has 42 heavy (non-hydrogen) atoms. The Morgan fingerprint density at radius 3 is 2.33 bits per heavy atom. The number of phenols is 1. The van der Waals surface area contributed by atoms with Crippen LogP contribution in [0.25, 0.3) is 0 Å². The number of rotatable bonds is 7. The maximum Gasteiger partial charge on any atom is 0.327 e. The highest BCUT2D eigenvalue weighted by molar-refractivity contribution is 8.77. The molecule has 0 saturated carbocycles. The molecule has 0 spiro atoms. The first kappa shape index (κ1) is 32.8. The summed E-state index contributed by atoms with van der Waals surface area (Å²) in [7, 11) is 2.28. The summed E-state index contributed by atoms with van der Waals surface area (Å²) in [5.41, 5.74) is 7.58. The Kier molecular flexibility index (Phi) is 11.6.